The van der Waals surface area contributed by atoms with E-state index in [9.17, 15) is 8.42 Å². The van der Waals surface area contributed by atoms with Gasteiger partial charge in [-0.3, -0.25) is 0 Å². The standard InChI is InChI=1S/C13H18ClNO2S/c1-11-5-2-3-8-15(11)18(16,17)13-7-4-6-12(9-13)10-14/h4,6-7,9,11H,2-3,5,8,10H2,1H3. The normalized spacial score (nSPS) is 22.0. The van der Waals surface area contributed by atoms with Crippen LogP contribution in [-0.2, 0) is 15.9 Å². The number of halogens is 1. The van der Waals surface area contributed by atoms with Crippen molar-refractivity contribution in [2.45, 2.75) is 43.0 Å². The van der Waals surface area contributed by atoms with Gasteiger partial charge in [-0.2, -0.15) is 4.31 Å². The third-order valence-corrected chi connectivity index (χ3v) is 5.72. The van der Waals surface area contributed by atoms with Crippen molar-refractivity contribution in [2.75, 3.05) is 6.54 Å². The fraction of sp³-hybridized carbons (Fsp3) is 0.538. The van der Waals surface area contributed by atoms with Crippen LogP contribution in [0.3, 0.4) is 0 Å². The maximum absolute atomic E-state index is 12.5. The zero-order valence-corrected chi connectivity index (χ0v) is 12.0. The van der Waals surface area contributed by atoms with Gasteiger partial charge in [-0.15, -0.1) is 11.6 Å². The number of sulfonamides is 1. The molecule has 0 amide bonds. The Morgan fingerprint density at radius 3 is 2.83 bits per heavy atom. The molecule has 1 atom stereocenters. The van der Waals surface area contributed by atoms with Crippen LogP contribution in [0.4, 0.5) is 0 Å². The van der Waals surface area contributed by atoms with Crippen LogP contribution in [0, 0.1) is 0 Å². The maximum Gasteiger partial charge on any atom is 0.243 e. The molecular formula is C13H18ClNO2S. The third kappa shape index (κ3) is 2.71. The molecule has 1 saturated heterocycles. The molecule has 2 rings (SSSR count). The van der Waals surface area contributed by atoms with E-state index in [1.807, 2.05) is 13.0 Å². The summed E-state index contributed by atoms with van der Waals surface area (Å²) in [5.74, 6) is 0.332. The summed E-state index contributed by atoms with van der Waals surface area (Å²) in [6, 6.07) is 6.99. The number of alkyl halides is 1. The highest BCUT2D eigenvalue weighted by atomic mass is 35.5. The number of piperidine rings is 1. The Morgan fingerprint density at radius 1 is 1.39 bits per heavy atom. The summed E-state index contributed by atoms with van der Waals surface area (Å²) in [7, 11) is -3.37. The first kappa shape index (κ1) is 13.8. The van der Waals surface area contributed by atoms with Gasteiger partial charge < -0.3 is 0 Å². The highest BCUT2D eigenvalue weighted by Gasteiger charge is 2.30. The largest absolute Gasteiger partial charge is 0.243 e. The van der Waals surface area contributed by atoms with Gasteiger partial charge in [0.2, 0.25) is 10.0 Å². The Bertz CT molecular complexity index is 515. The summed E-state index contributed by atoms with van der Waals surface area (Å²) in [5.41, 5.74) is 0.836. The smallest absolute Gasteiger partial charge is 0.207 e. The topological polar surface area (TPSA) is 37.4 Å². The van der Waals surface area contributed by atoms with Gasteiger partial charge in [-0.25, -0.2) is 8.42 Å². The number of hydrogen-bond acceptors (Lipinski definition) is 2. The fourth-order valence-corrected chi connectivity index (χ4v) is 4.29. The fourth-order valence-electron chi connectivity index (χ4n) is 2.35. The van der Waals surface area contributed by atoms with Gasteiger partial charge in [0, 0.05) is 18.5 Å². The first-order valence-electron chi connectivity index (χ1n) is 6.22. The molecule has 1 aliphatic heterocycles. The van der Waals surface area contributed by atoms with E-state index < -0.39 is 10.0 Å². The molecule has 1 aliphatic rings. The van der Waals surface area contributed by atoms with Crippen LogP contribution < -0.4 is 0 Å². The summed E-state index contributed by atoms with van der Waals surface area (Å²) < 4.78 is 26.7. The lowest BCUT2D eigenvalue weighted by Crippen LogP contribution is -2.41. The Morgan fingerprint density at radius 2 is 2.17 bits per heavy atom. The molecule has 0 aromatic heterocycles. The highest BCUT2D eigenvalue weighted by molar-refractivity contribution is 7.89. The zero-order chi connectivity index (χ0) is 13.2. The molecule has 0 spiro atoms. The predicted molar refractivity (Wildman–Crippen MR) is 73.2 cm³/mol. The summed E-state index contributed by atoms with van der Waals surface area (Å²) in [4.78, 5) is 0.356. The molecule has 1 fully saturated rings. The summed E-state index contributed by atoms with van der Waals surface area (Å²) in [6.45, 7) is 2.59. The zero-order valence-electron chi connectivity index (χ0n) is 10.5. The number of hydrogen-bond donors (Lipinski definition) is 0. The lowest BCUT2D eigenvalue weighted by molar-refractivity contribution is 0.268. The minimum Gasteiger partial charge on any atom is -0.207 e. The molecule has 18 heavy (non-hydrogen) atoms. The Hall–Kier alpha value is -0.580. The Kier molecular flexibility index (Phi) is 4.30. The van der Waals surface area contributed by atoms with E-state index in [0.29, 0.717) is 17.3 Å². The van der Waals surface area contributed by atoms with Crippen LogP contribution in [-0.4, -0.2) is 25.3 Å². The van der Waals surface area contributed by atoms with Gasteiger partial charge >= 0.3 is 0 Å². The average molecular weight is 288 g/mol. The van der Waals surface area contributed by atoms with E-state index >= 15 is 0 Å². The van der Waals surface area contributed by atoms with Gasteiger partial charge in [0.1, 0.15) is 0 Å². The van der Waals surface area contributed by atoms with E-state index in [2.05, 4.69) is 0 Å². The third-order valence-electron chi connectivity index (χ3n) is 3.40. The predicted octanol–water partition coefficient (Wildman–Crippen LogP) is 2.99. The quantitative estimate of drug-likeness (QED) is 0.802. The SMILES string of the molecule is CC1CCCCN1S(=O)(=O)c1cccc(CCl)c1. The first-order valence-corrected chi connectivity index (χ1v) is 8.20. The van der Waals surface area contributed by atoms with E-state index in [1.165, 1.54) is 0 Å². The number of nitrogens with zero attached hydrogens (tertiary/aromatic N) is 1. The molecular weight excluding hydrogens is 270 g/mol. The molecule has 3 nitrogen and oxygen atoms in total. The molecule has 0 bridgehead atoms. The molecule has 100 valence electrons. The van der Waals surface area contributed by atoms with Crippen molar-refractivity contribution >= 4 is 21.6 Å². The van der Waals surface area contributed by atoms with Crippen molar-refractivity contribution in [3.8, 4) is 0 Å². The first-order chi connectivity index (χ1) is 8.55. The van der Waals surface area contributed by atoms with Gasteiger partial charge in [0.05, 0.1) is 4.90 Å². The van der Waals surface area contributed by atoms with Crippen molar-refractivity contribution in [1.29, 1.82) is 0 Å². The summed E-state index contributed by atoms with van der Waals surface area (Å²) in [6.07, 6.45) is 2.99. The van der Waals surface area contributed by atoms with E-state index in [-0.39, 0.29) is 6.04 Å². The van der Waals surface area contributed by atoms with Crippen LogP contribution in [0.1, 0.15) is 31.7 Å². The van der Waals surface area contributed by atoms with E-state index in [1.54, 1.807) is 22.5 Å². The van der Waals surface area contributed by atoms with Crippen molar-refractivity contribution < 1.29 is 8.42 Å². The summed E-state index contributed by atoms with van der Waals surface area (Å²) >= 11 is 5.75. The van der Waals surface area contributed by atoms with Crippen LogP contribution in [0.15, 0.2) is 29.2 Å². The molecule has 1 aromatic carbocycles. The lowest BCUT2D eigenvalue weighted by Gasteiger charge is -2.32. The highest BCUT2D eigenvalue weighted by Crippen LogP contribution is 2.25. The number of rotatable bonds is 3. The van der Waals surface area contributed by atoms with Crippen molar-refractivity contribution in [2.24, 2.45) is 0 Å². The second kappa shape index (κ2) is 5.59. The van der Waals surface area contributed by atoms with E-state index in [4.69, 9.17) is 11.6 Å². The second-order valence-electron chi connectivity index (χ2n) is 4.74. The van der Waals surface area contributed by atoms with Gasteiger partial charge in [-0.05, 0) is 37.5 Å². The van der Waals surface area contributed by atoms with Gasteiger partial charge in [0.25, 0.3) is 0 Å². The second-order valence-corrected chi connectivity index (χ2v) is 6.90. The van der Waals surface area contributed by atoms with Gasteiger partial charge in [-0.1, -0.05) is 18.6 Å². The molecule has 0 aliphatic carbocycles. The monoisotopic (exact) mass is 287 g/mol. The van der Waals surface area contributed by atoms with Crippen molar-refractivity contribution in [1.82, 2.24) is 4.31 Å². The van der Waals surface area contributed by atoms with Crippen LogP contribution in [0.5, 0.6) is 0 Å². The van der Waals surface area contributed by atoms with Crippen LogP contribution in [0.25, 0.3) is 0 Å². The average Bonchev–Trinajstić information content (AvgIpc) is 2.39. The molecule has 1 unspecified atom stereocenters. The minimum atomic E-state index is -3.37. The molecule has 1 aromatic rings. The Labute approximate surface area is 114 Å². The van der Waals surface area contributed by atoms with Crippen molar-refractivity contribution in [3.05, 3.63) is 29.8 Å². The van der Waals surface area contributed by atoms with Gasteiger partial charge in [0.15, 0.2) is 0 Å². The number of benzene rings is 1. The maximum atomic E-state index is 12.5. The molecule has 0 saturated carbocycles. The minimum absolute atomic E-state index is 0.0865. The van der Waals surface area contributed by atoms with E-state index in [0.717, 1.165) is 24.8 Å². The summed E-state index contributed by atoms with van der Waals surface area (Å²) in [5, 5.41) is 0. The molecule has 0 N–H and O–H groups in total. The van der Waals surface area contributed by atoms with Crippen LogP contribution >= 0.6 is 11.6 Å². The Balaban J connectivity index is 2.34. The molecule has 0 radical (unpaired) electrons. The molecule has 1 heterocycles. The van der Waals surface area contributed by atoms with Crippen LogP contribution in [0.2, 0.25) is 0 Å². The van der Waals surface area contributed by atoms with Crippen molar-refractivity contribution in [3.63, 3.8) is 0 Å². The lowest BCUT2D eigenvalue weighted by atomic mass is 10.1. The molecule has 5 heteroatoms.